The maximum absolute atomic E-state index is 11.5. The van der Waals surface area contributed by atoms with Crippen LogP contribution < -0.4 is 5.32 Å². The second-order valence-corrected chi connectivity index (χ2v) is 5.03. The lowest BCUT2D eigenvalue weighted by Gasteiger charge is -2.26. The van der Waals surface area contributed by atoms with Crippen molar-refractivity contribution in [1.29, 1.82) is 0 Å². The Kier molecular flexibility index (Phi) is 7.39. The predicted molar refractivity (Wildman–Crippen MR) is 67.4 cm³/mol. The number of ether oxygens (including phenoxy) is 1. The van der Waals surface area contributed by atoms with Crippen LogP contribution in [0.5, 0.6) is 0 Å². The maximum atomic E-state index is 11.5. The fourth-order valence-electron chi connectivity index (χ4n) is 1.79. The highest BCUT2D eigenvalue weighted by molar-refractivity contribution is 5.76. The van der Waals surface area contributed by atoms with Gasteiger partial charge in [0.1, 0.15) is 0 Å². The van der Waals surface area contributed by atoms with Gasteiger partial charge in [-0.25, -0.2) is 0 Å². The fourth-order valence-corrected chi connectivity index (χ4v) is 1.79. The van der Waals surface area contributed by atoms with Gasteiger partial charge in [0.2, 0.25) is 0 Å². The van der Waals surface area contributed by atoms with Gasteiger partial charge in [-0.3, -0.25) is 4.79 Å². The molecule has 0 aromatic heterocycles. The Morgan fingerprint density at radius 1 is 1.25 bits per heavy atom. The molecule has 0 aliphatic carbocycles. The molecule has 0 fully saturated rings. The lowest BCUT2D eigenvalue weighted by Crippen LogP contribution is -2.41. The van der Waals surface area contributed by atoms with E-state index in [1.54, 1.807) is 0 Å². The molecule has 0 aromatic carbocycles. The number of hydrogen-bond donors (Lipinski definition) is 1. The summed E-state index contributed by atoms with van der Waals surface area (Å²) in [5, 5.41) is 3.48. The quantitative estimate of drug-likeness (QED) is 0.650. The summed E-state index contributed by atoms with van der Waals surface area (Å²) in [4.78, 5) is 11.5. The third kappa shape index (κ3) is 5.50. The molecule has 3 heteroatoms. The summed E-state index contributed by atoms with van der Waals surface area (Å²) in [5.41, 5.74) is -0.436. The Morgan fingerprint density at radius 2 is 1.75 bits per heavy atom. The van der Waals surface area contributed by atoms with Crippen LogP contribution in [0.1, 0.15) is 53.4 Å². The molecular formula is C13H27NO2. The fraction of sp³-hybridized carbons (Fsp3) is 0.923. The Labute approximate surface area is 99.9 Å². The molecule has 0 aromatic rings. The smallest absolute Gasteiger partial charge is 0.312 e. The van der Waals surface area contributed by atoms with Gasteiger partial charge < -0.3 is 10.1 Å². The number of hydrogen-bond acceptors (Lipinski definition) is 3. The van der Waals surface area contributed by atoms with E-state index in [0.29, 0.717) is 12.6 Å². The normalized spacial score (nSPS) is 11.9. The van der Waals surface area contributed by atoms with E-state index in [1.165, 1.54) is 32.8 Å². The number of carbonyl (C=O) groups is 1. The van der Waals surface area contributed by atoms with Gasteiger partial charge in [0, 0.05) is 12.6 Å². The number of nitrogens with one attached hydrogen (secondary N) is 1. The van der Waals surface area contributed by atoms with Gasteiger partial charge >= 0.3 is 5.97 Å². The van der Waals surface area contributed by atoms with Crippen LogP contribution in [0.25, 0.3) is 0 Å². The number of carbonyl (C=O) groups excluding carboxylic acids is 1. The first kappa shape index (κ1) is 15.4. The first-order valence-electron chi connectivity index (χ1n) is 6.29. The summed E-state index contributed by atoms with van der Waals surface area (Å²) in [6.07, 6.45) is 4.70. The minimum atomic E-state index is -0.436. The highest BCUT2D eigenvalue weighted by Crippen LogP contribution is 2.16. The van der Waals surface area contributed by atoms with Crippen LogP contribution in [0.4, 0.5) is 0 Å². The van der Waals surface area contributed by atoms with Crippen LogP contribution in [0.2, 0.25) is 0 Å². The molecule has 0 heterocycles. The van der Waals surface area contributed by atoms with Gasteiger partial charge in [-0.05, 0) is 26.7 Å². The lowest BCUT2D eigenvalue weighted by atomic mass is 9.92. The molecular weight excluding hydrogens is 202 g/mol. The molecule has 1 N–H and O–H groups in total. The first-order valence-corrected chi connectivity index (χ1v) is 6.29. The molecule has 0 rings (SSSR count). The molecule has 0 spiro atoms. The average molecular weight is 229 g/mol. The zero-order valence-corrected chi connectivity index (χ0v) is 11.4. The van der Waals surface area contributed by atoms with Crippen molar-refractivity contribution in [2.75, 3.05) is 13.7 Å². The molecule has 0 aliphatic rings. The van der Waals surface area contributed by atoms with Gasteiger partial charge in [-0.15, -0.1) is 0 Å². The highest BCUT2D eigenvalue weighted by Gasteiger charge is 2.28. The Hall–Kier alpha value is -0.570. The molecule has 0 saturated heterocycles. The molecule has 0 unspecified atom stereocenters. The summed E-state index contributed by atoms with van der Waals surface area (Å²) in [5.74, 6) is -0.147. The Balaban J connectivity index is 4.12. The van der Waals surface area contributed by atoms with Crippen molar-refractivity contribution in [3.8, 4) is 0 Å². The van der Waals surface area contributed by atoms with Crippen molar-refractivity contribution < 1.29 is 9.53 Å². The summed E-state index contributed by atoms with van der Waals surface area (Å²) in [6.45, 7) is 8.90. The molecule has 3 nitrogen and oxygen atoms in total. The highest BCUT2D eigenvalue weighted by atomic mass is 16.5. The van der Waals surface area contributed by atoms with E-state index in [4.69, 9.17) is 4.74 Å². The van der Waals surface area contributed by atoms with Crippen LogP contribution in [-0.4, -0.2) is 25.7 Å². The zero-order valence-electron chi connectivity index (χ0n) is 11.4. The second kappa shape index (κ2) is 7.66. The average Bonchev–Trinajstić information content (AvgIpc) is 2.25. The molecule has 16 heavy (non-hydrogen) atoms. The minimum Gasteiger partial charge on any atom is -0.469 e. The van der Waals surface area contributed by atoms with Crippen molar-refractivity contribution >= 4 is 5.97 Å². The summed E-state index contributed by atoms with van der Waals surface area (Å²) >= 11 is 0. The summed E-state index contributed by atoms with van der Waals surface area (Å²) < 4.78 is 4.79. The SMILES string of the molecule is CCCC(CCC)NCC(C)(C)C(=O)OC. The zero-order chi connectivity index (χ0) is 12.6. The summed E-state index contributed by atoms with van der Waals surface area (Å²) in [7, 11) is 1.44. The molecule has 0 saturated carbocycles. The van der Waals surface area contributed by atoms with Crippen molar-refractivity contribution in [3.05, 3.63) is 0 Å². The number of rotatable bonds is 8. The van der Waals surface area contributed by atoms with Crippen LogP contribution in [-0.2, 0) is 9.53 Å². The van der Waals surface area contributed by atoms with Crippen LogP contribution >= 0.6 is 0 Å². The van der Waals surface area contributed by atoms with Crippen LogP contribution in [0.15, 0.2) is 0 Å². The summed E-state index contributed by atoms with van der Waals surface area (Å²) in [6, 6.07) is 0.527. The topological polar surface area (TPSA) is 38.3 Å². The molecule has 0 radical (unpaired) electrons. The van der Waals surface area contributed by atoms with Gasteiger partial charge in [0.15, 0.2) is 0 Å². The molecule has 96 valence electrons. The molecule has 0 aliphatic heterocycles. The molecule has 0 amide bonds. The number of methoxy groups -OCH3 is 1. The van der Waals surface area contributed by atoms with Crippen LogP contribution in [0, 0.1) is 5.41 Å². The Bertz CT molecular complexity index is 196. The molecule has 0 atom stereocenters. The Morgan fingerprint density at radius 3 is 2.12 bits per heavy atom. The van der Waals surface area contributed by atoms with Gasteiger partial charge in [0.05, 0.1) is 12.5 Å². The second-order valence-electron chi connectivity index (χ2n) is 5.03. The van der Waals surface area contributed by atoms with Gasteiger partial charge in [-0.2, -0.15) is 0 Å². The maximum Gasteiger partial charge on any atom is 0.312 e. The largest absolute Gasteiger partial charge is 0.469 e. The third-order valence-corrected chi connectivity index (χ3v) is 2.84. The number of esters is 1. The van der Waals surface area contributed by atoms with Crippen molar-refractivity contribution in [1.82, 2.24) is 5.32 Å². The van der Waals surface area contributed by atoms with E-state index in [1.807, 2.05) is 13.8 Å². The van der Waals surface area contributed by atoms with Crippen molar-refractivity contribution in [2.45, 2.75) is 59.4 Å². The minimum absolute atomic E-state index is 0.147. The van der Waals surface area contributed by atoms with E-state index in [2.05, 4.69) is 19.2 Å². The van der Waals surface area contributed by atoms with Gasteiger partial charge in [-0.1, -0.05) is 26.7 Å². The van der Waals surface area contributed by atoms with E-state index >= 15 is 0 Å². The lowest BCUT2D eigenvalue weighted by molar-refractivity contribution is -0.150. The first-order chi connectivity index (χ1) is 7.47. The standard InChI is InChI=1S/C13H27NO2/c1-6-8-11(9-7-2)14-10-13(3,4)12(15)16-5/h11,14H,6-10H2,1-5H3. The van der Waals surface area contributed by atoms with E-state index in [0.717, 1.165) is 0 Å². The molecule has 0 bridgehead atoms. The van der Waals surface area contributed by atoms with E-state index in [-0.39, 0.29) is 5.97 Å². The monoisotopic (exact) mass is 229 g/mol. The van der Waals surface area contributed by atoms with E-state index in [9.17, 15) is 4.79 Å². The van der Waals surface area contributed by atoms with Crippen molar-refractivity contribution in [2.24, 2.45) is 5.41 Å². The predicted octanol–water partition coefficient (Wildman–Crippen LogP) is 2.74. The van der Waals surface area contributed by atoms with Crippen molar-refractivity contribution in [3.63, 3.8) is 0 Å². The van der Waals surface area contributed by atoms with Gasteiger partial charge in [0.25, 0.3) is 0 Å². The van der Waals surface area contributed by atoms with Crippen LogP contribution in [0.3, 0.4) is 0 Å². The van der Waals surface area contributed by atoms with E-state index < -0.39 is 5.41 Å². The third-order valence-electron chi connectivity index (χ3n) is 2.84.